The predicted molar refractivity (Wildman–Crippen MR) is 78.1 cm³/mol. The Morgan fingerprint density at radius 2 is 2.25 bits per heavy atom. The van der Waals surface area contributed by atoms with E-state index in [9.17, 15) is 0 Å². The molecule has 5 nitrogen and oxygen atoms in total. The van der Waals surface area contributed by atoms with Crippen LogP contribution in [-0.2, 0) is 6.54 Å². The second-order valence-electron chi connectivity index (χ2n) is 5.47. The Morgan fingerprint density at radius 3 is 3.00 bits per heavy atom. The highest BCUT2D eigenvalue weighted by Gasteiger charge is 2.24. The molecular formula is C15H21N5. The van der Waals surface area contributed by atoms with E-state index < -0.39 is 0 Å². The number of likely N-dealkylation sites (tertiary alicyclic amines) is 1. The minimum Gasteiger partial charge on any atom is -0.303 e. The molecule has 0 radical (unpaired) electrons. The van der Waals surface area contributed by atoms with Crippen molar-refractivity contribution in [1.29, 1.82) is 0 Å². The fraction of sp³-hybridized carbons (Fsp3) is 0.467. The molecule has 1 aromatic carbocycles. The molecule has 2 N–H and O–H groups in total. The summed E-state index contributed by atoms with van der Waals surface area (Å²) in [7, 11) is 0. The minimum atomic E-state index is 0.221. The fourth-order valence-corrected chi connectivity index (χ4v) is 2.81. The number of nitrogens with zero attached hydrogens (tertiary/aromatic N) is 3. The topological polar surface area (TPSA) is 56.8 Å². The summed E-state index contributed by atoms with van der Waals surface area (Å²) in [6, 6.07) is 11.4. The van der Waals surface area contributed by atoms with Crippen LogP contribution < -0.4 is 5.32 Å². The van der Waals surface area contributed by atoms with Crippen LogP contribution in [0.3, 0.4) is 0 Å². The van der Waals surface area contributed by atoms with Crippen molar-refractivity contribution in [1.82, 2.24) is 25.4 Å². The number of benzene rings is 1. The second-order valence-corrected chi connectivity index (χ2v) is 5.47. The van der Waals surface area contributed by atoms with Crippen molar-refractivity contribution in [2.45, 2.75) is 32.0 Å². The van der Waals surface area contributed by atoms with Gasteiger partial charge in [0.1, 0.15) is 12.2 Å². The van der Waals surface area contributed by atoms with Crippen LogP contribution in [0.25, 0.3) is 0 Å². The Morgan fingerprint density at radius 1 is 1.40 bits per heavy atom. The molecule has 20 heavy (non-hydrogen) atoms. The second kappa shape index (κ2) is 6.15. The molecule has 1 saturated heterocycles. The van der Waals surface area contributed by atoms with E-state index in [0.29, 0.717) is 6.04 Å². The molecule has 1 aromatic heterocycles. The lowest BCUT2D eigenvalue weighted by molar-refractivity contribution is 0.315. The molecule has 5 heteroatoms. The van der Waals surface area contributed by atoms with Crippen LogP contribution >= 0.6 is 0 Å². The molecular weight excluding hydrogens is 250 g/mol. The SMILES string of the molecule is CC(NC1CCN(Cc2ccccc2)C1)c1ncn[nH]1. The highest BCUT2D eigenvalue weighted by molar-refractivity contribution is 5.14. The quantitative estimate of drug-likeness (QED) is 0.869. The fourth-order valence-electron chi connectivity index (χ4n) is 2.81. The molecule has 0 saturated carbocycles. The van der Waals surface area contributed by atoms with Gasteiger partial charge in [-0.1, -0.05) is 30.3 Å². The molecule has 1 aliphatic heterocycles. The summed E-state index contributed by atoms with van der Waals surface area (Å²) >= 11 is 0. The van der Waals surface area contributed by atoms with Gasteiger partial charge in [-0.2, -0.15) is 5.10 Å². The Hall–Kier alpha value is -1.72. The van der Waals surface area contributed by atoms with Gasteiger partial charge >= 0.3 is 0 Å². The molecule has 0 amide bonds. The molecule has 1 fully saturated rings. The Balaban J connectivity index is 1.50. The van der Waals surface area contributed by atoms with Gasteiger partial charge in [0.2, 0.25) is 0 Å². The van der Waals surface area contributed by atoms with Crippen LogP contribution in [0.2, 0.25) is 0 Å². The third-order valence-corrected chi connectivity index (χ3v) is 3.85. The summed E-state index contributed by atoms with van der Waals surface area (Å²) in [6.45, 7) is 5.40. The van der Waals surface area contributed by atoms with Crippen LogP contribution in [0.4, 0.5) is 0 Å². The largest absolute Gasteiger partial charge is 0.303 e. The highest BCUT2D eigenvalue weighted by Crippen LogP contribution is 2.16. The third-order valence-electron chi connectivity index (χ3n) is 3.85. The summed E-state index contributed by atoms with van der Waals surface area (Å²) in [5.41, 5.74) is 1.39. The molecule has 2 aromatic rings. The van der Waals surface area contributed by atoms with Crippen LogP contribution in [0.1, 0.15) is 30.8 Å². The average Bonchev–Trinajstić information content (AvgIpc) is 3.11. The monoisotopic (exact) mass is 271 g/mol. The first-order valence-corrected chi connectivity index (χ1v) is 7.19. The molecule has 3 rings (SSSR count). The van der Waals surface area contributed by atoms with Gasteiger partial charge in [0.05, 0.1) is 6.04 Å². The molecule has 0 aliphatic carbocycles. The van der Waals surface area contributed by atoms with Gasteiger partial charge in [0, 0.05) is 25.7 Å². The predicted octanol–water partition coefficient (Wildman–Crippen LogP) is 1.73. The van der Waals surface area contributed by atoms with Crippen molar-refractivity contribution in [2.75, 3.05) is 13.1 Å². The van der Waals surface area contributed by atoms with E-state index in [-0.39, 0.29) is 6.04 Å². The lowest BCUT2D eigenvalue weighted by Gasteiger charge is -2.19. The van der Waals surface area contributed by atoms with E-state index in [1.165, 1.54) is 12.0 Å². The number of hydrogen-bond donors (Lipinski definition) is 2. The molecule has 2 unspecified atom stereocenters. The van der Waals surface area contributed by atoms with Crippen molar-refractivity contribution in [3.8, 4) is 0 Å². The zero-order valence-corrected chi connectivity index (χ0v) is 11.8. The number of aromatic nitrogens is 3. The van der Waals surface area contributed by atoms with E-state index in [4.69, 9.17) is 0 Å². The van der Waals surface area contributed by atoms with Gasteiger partial charge < -0.3 is 5.32 Å². The number of nitrogens with one attached hydrogen (secondary N) is 2. The zero-order valence-electron chi connectivity index (χ0n) is 11.8. The molecule has 0 spiro atoms. The van der Waals surface area contributed by atoms with E-state index in [0.717, 1.165) is 25.5 Å². The van der Waals surface area contributed by atoms with Crippen LogP contribution in [0, 0.1) is 0 Å². The number of rotatable bonds is 5. The van der Waals surface area contributed by atoms with Crippen LogP contribution in [0.15, 0.2) is 36.7 Å². The summed E-state index contributed by atoms with van der Waals surface area (Å²) in [6.07, 6.45) is 2.75. The van der Waals surface area contributed by atoms with Gasteiger partial charge in [-0.05, 0) is 18.9 Å². The van der Waals surface area contributed by atoms with Crippen molar-refractivity contribution >= 4 is 0 Å². The maximum atomic E-state index is 4.20. The smallest absolute Gasteiger partial charge is 0.141 e. The first-order chi connectivity index (χ1) is 9.81. The molecule has 2 heterocycles. The van der Waals surface area contributed by atoms with E-state index in [1.54, 1.807) is 6.33 Å². The van der Waals surface area contributed by atoms with Crippen molar-refractivity contribution in [3.63, 3.8) is 0 Å². The zero-order chi connectivity index (χ0) is 13.8. The van der Waals surface area contributed by atoms with Gasteiger partial charge in [-0.25, -0.2) is 4.98 Å². The minimum absolute atomic E-state index is 0.221. The van der Waals surface area contributed by atoms with Gasteiger partial charge in [0.25, 0.3) is 0 Å². The van der Waals surface area contributed by atoms with Gasteiger partial charge in [0.15, 0.2) is 0 Å². The first kappa shape index (κ1) is 13.3. The average molecular weight is 271 g/mol. The van der Waals surface area contributed by atoms with Crippen molar-refractivity contribution in [2.24, 2.45) is 0 Å². The Bertz CT molecular complexity index is 510. The van der Waals surface area contributed by atoms with Crippen LogP contribution in [0.5, 0.6) is 0 Å². The summed E-state index contributed by atoms with van der Waals surface area (Å²) in [4.78, 5) is 6.70. The summed E-state index contributed by atoms with van der Waals surface area (Å²) in [5, 5.41) is 10.4. The standard InChI is InChI=1S/C15H21N5/c1-12(15-16-11-17-19-15)18-14-7-8-20(10-14)9-13-5-3-2-4-6-13/h2-6,11-12,14,18H,7-10H2,1H3,(H,16,17,19). The maximum absolute atomic E-state index is 4.20. The van der Waals surface area contributed by atoms with E-state index in [2.05, 4.69) is 62.7 Å². The lowest BCUT2D eigenvalue weighted by Crippen LogP contribution is -2.34. The third kappa shape index (κ3) is 3.23. The summed E-state index contributed by atoms with van der Waals surface area (Å²) in [5.74, 6) is 0.909. The van der Waals surface area contributed by atoms with Crippen molar-refractivity contribution < 1.29 is 0 Å². The van der Waals surface area contributed by atoms with E-state index >= 15 is 0 Å². The Kier molecular flexibility index (Phi) is 4.08. The van der Waals surface area contributed by atoms with E-state index in [1.807, 2.05) is 0 Å². The molecule has 0 bridgehead atoms. The van der Waals surface area contributed by atoms with Crippen LogP contribution in [-0.4, -0.2) is 39.2 Å². The summed E-state index contributed by atoms with van der Waals surface area (Å²) < 4.78 is 0. The normalized spacial score (nSPS) is 21.1. The number of aromatic amines is 1. The molecule has 2 atom stereocenters. The number of H-pyrrole nitrogens is 1. The highest BCUT2D eigenvalue weighted by atomic mass is 15.2. The molecule has 106 valence electrons. The molecule has 1 aliphatic rings. The maximum Gasteiger partial charge on any atom is 0.141 e. The van der Waals surface area contributed by atoms with Gasteiger partial charge in [-0.15, -0.1) is 0 Å². The lowest BCUT2D eigenvalue weighted by atomic mass is 10.2. The number of hydrogen-bond acceptors (Lipinski definition) is 4. The Labute approximate surface area is 119 Å². The first-order valence-electron chi connectivity index (χ1n) is 7.19. The van der Waals surface area contributed by atoms with Crippen molar-refractivity contribution in [3.05, 3.63) is 48.0 Å². The van der Waals surface area contributed by atoms with Gasteiger partial charge in [-0.3, -0.25) is 10.00 Å².